The summed E-state index contributed by atoms with van der Waals surface area (Å²) in [6.45, 7) is 9.27. The van der Waals surface area contributed by atoms with Crippen LogP contribution in [0.2, 0.25) is 0 Å². The highest BCUT2D eigenvalue weighted by Gasteiger charge is 2.25. The Bertz CT molecular complexity index is 536. The van der Waals surface area contributed by atoms with E-state index in [-0.39, 0.29) is 5.92 Å². The molecule has 0 aliphatic heterocycles. The number of nitrogens with zero attached hydrogens (tertiary/aromatic N) is 2. The largest absolute Gasteiger partial charge is 0.339 e. The van der Waals surface area contributed by atoms with Crippen LogP contribution in [0.5, 0.6) is 0 Å². The summed E-state index contributed by atoms with van der Waals surface area (Å²) in [5.74, 6) is 2.06. The van der Waals surface area contributed by atoms with Crippen LogP contribution in [-0.2, 0) is 6.54 Å². The van der Waals surface area contributed by atoms with Crippen LogP contribution in [0.3, 0.4) is 0 Å². The van der Waals surface area contributed by atoms with Gasteiger partial charge in [-0.05, 0) is 11.5 Å². The molecule has 1 aromatic heterocycles. The van der Waals surface area contributed by atoms with Crippen LogP contribution in [0, 0.1) is 5.92 Å². The highest BCUT2D eigenvalue weighted by Crippen LogP contribution is 2.32. The summed E-state index contributed by atoms with van der Waals surface area (Å²) in [7, 11) is 0. The van der Waals surface area contributed by atoms with Crippen molar-refractivity contribution in [3.05, 3.63) is 47.6 Å². The summed E-state index contributed by atoms with van der Waals surface area (Å²) >= 11 is 0. The van der Waals surface area contributed by atoms with Crippen molar-refractivity contribution in [3.63, 3.8) is 0 Å². The molecule has 0 aliphatic carbocycles. The molecule has 2 atom stereocenters. The second kappa shape index (κ2) is 7.36. The van der Waals surface area contributed by atoms with Gasteiger partial charge < -0.3 is 9.84 Å². The molecule has 0 aliphatic rings. The van der Waals surface area contributed by atoms with E-state index in [9.17, 15) is 0 Å². The number of nitrogens with one attached hydrogen (secondary N) is 1. The van der Waals surface area contributed by atoms with Gasteiger partial charge in [-0.3, -0.25) is 0 Å². The minimum absolute atomic E-state index is 0.163. The lowest BCUT2D eigenvalue weighted by Gasteiger charge is -2.19. The van der Waals surface area contributed by atoms with Gasteiger partial charge >= 0.3 is 0 Å². The maximum atomic E-state index is 5.54. The first kappa shape index (κ1) is 15.7. The fraction of sp³-hybridized carbons (Fsp3) is 0.529. The molecule has 2 aromatic rings. The van der Waals surface area contributed by atoms with Crippen LogP contribution >= 0.6 is 0 Å². The van der Waals surface area contributed by atoms with Crippen molar-refractivity contribution < 1.29 is 4.52 Å². The fourth-order valence-corrected chi connectivity index (χ4v) is 2.37. The van der Waals surface area contributed by atoms with E-state index < -0.39 is 0 Å². The highest BCUT2D eigenvalue weighted by molar-refractivity contribution is 5.25. The molecule has 0 bridgehead atoms. The third kappa shape index (κ3) is 4.14. The van der Waals surface area contributed by atoms with Gasteiger partial charge in [0.25, 0.3) is 0 Å². The van der Waals surface area contributed by atoms with Gasteiger partial charge in [0.2, 0.25) is 5.89 Å². The van der Waals surface area contributed by atoms with E-state index in [1.54, 1.807) is 0 Å². The predicted molar refractivity (Wildman–Crippen MR) is 84.0 cm³/mol. The molecule has 0 saturated heterocycles. The summed E-state index contributed by atoms with van der Waals surface area (Å²) in [5.41, 5.74) is 1.24. The molecule has 21 heavy (non-hydrogen) atoms. The topological polar surface area (TPSA) is 51.0 Å². The van der Waals surface area contributed by atoms with Crippen LogP contribution in [0.1, 0.15) is 57.3 Å². The number of benzene rings is 1. The Kier molecular flexibility index (Phi) is 5.51. The van der Waals surface area contributed by atoms with Gasteiger partial charge in [-0.2, -0.15) is 4.98 Å². The molecule has 1 aromatic carbocycles. The Morgan fingerprint density at radius 2 is 1.86 bits per heavy atom. The van der Waals surface area contributed by atoms with Crippen LogP contribution in [0.15, 0.2) is 34.9 Å². The Morgan fingerprint density at radius 1 is 1.14 bits per heavy atom. The van der Waals surface area contributed by atoms with Crippen molar-refractivity contribution in [1.29, 1.82) is 0 Å². The Hall–Kier alpha value is -1.68. The molecular formula is C17H25N3O. The molecule has 1 N–H and O–H groups in total. The standard InChI is InChI=1S/C17H25N3O/c1-5-13(4)16(14-9-7-6-8-10-14)17-19-15(20-21-17)11-18-12(2)3/h6-10,12-13,16,18H,5,11H2,1-4H3. The summed E-state index contributed by atoms with van der Waals surface area (Å²) < 4.78 is 5.54. The summed E-state index contributed by atoms with van der Waals surface area (Å²) in [5, 5.41) is 7.41. The Morgan fingerprint density at radius 3 is 2.48 bits per heavy atom. The molecule has 4 nitrogen and oxygen atoms in total. The number of hydrogen-bond donors (Lipinski definition) is 1. The molecule has 114 valence electrons. The lowest BCUT2D eigenvalue weighted by atomic mass is 9.85. The molecule has 0 spiro atoms. The van der Waals surface area contributed by atoms with Gasteiger partial charge in [0.1, 0.15) is 0 Å². The van der Waals surface area contributed by atoms with E-state index in [4.69, 9.17) is 4.52 Å². The molecule has 2 unspecified atom stereocenters. The van der Waals surface area contributed by atoms with Gasteiger partial charge in [-0.1, -0.05) is 69.6 Å². The first-order valence-corrected chi connectivity index (χ1v) is 7.72. The highest BCUT2D eigenvalue weighted by atomic mass is 16.5. The second-order valence-electron chi connectivity index (χ2n) is 5.86. The number of aromatic nitrogens is 2. The normalized spacial score (nSPS) is 14.3. The zero-order chi connectivity index (χ0) is 15.2. The first-order valence-electron chi connectivity index (χ1n) is 7.72. The summed E-state index contributed by atoms with van der Waals surface area (Å²) in [6, 6.07) is 10.8. The first-order chi connectivity index (χ1) is 10.1. The van der Waals surface area contributed by atoms with Gasteiger partial charge in [0.05, 0.1) is 12.5 Å². The van der Waals surface area contributed by atoms with Crippen molar-refractivity contribution >= 4 is 0 Å². The quantitative estimate of drug-likeness (QED) is 0.842. The van der Waals surface area contributed by atoms with E-state index in [0.29, 0.717) is 18.5 Å². The van der Waals surface area contributed by atoms with E-state index in [1.165, 1.54) is 5.56 Å². The fourth-order valence-electron chi connectivity index (χ4n) is 2.37. The van der Waals surface area contributed by atoms with Crippen molar-refractivity contribution in [2.24, 2.45) is 5.92 Å². The average molecular weight is 287 g/mol. The predicted octanol–water partition coefficient (Wildman–Crippen LogP) is 3.75. The van der Waals surface area contributed by atoms with Crippen molar-refractivity contribution in [1.82, 2.24) is 15.5 Å². The van der Waals surface area contributed by atoms with E-state index >= 15 is 0 Å². The Balaban J connectivity index is 2.22. The third-order valence-electron chi connectivity index (χ3n) is 3.79. The molecular weight excluding hydrogens is 262 g/mol. The third-order valence-corrected chi connectivity index (χ3v) is 3.79. The molecule has 2 rings (SSSR count). The van der Waals surface area contributed by atoms with Gasteiger partial charge in [0.15, 0.2) is 5.82 Å². The van der Waals surface area contributed by atoms with E-state index in [0.717, 1.165) is 18.1 Å². The molecule has 0 fully saturated rings. The van der Waals surface area contributed by atoms with Crippen LogP contribution < -0.4 is 5.32 Å². The van der Waals surface area contributed by atoms with E-state index in [2.05, 4.69) is 67.4 Å². The lowest BCUT2D eigenvalue weighted by molar-refractivity contribution is 0.327. The maximum Gasteiger partial charge on any atom is 0.234 e. The smallest absolute Gasteiger partial charge is 0.234 e. The van der Waals surface area contributed by atoms with Gasteiger partial charge in [-0.15, -0.1) is 0 Å². The second-order valence-corrected chi connectivity index (χ2v) is 5.86. The molecule has 1 heterocycles. The summed E-state index contributed by atoms with van der Waals surface area (Å²) in [4.78, 5) is 4.59. The SMILES string of the molecule is CCC(C)C(c1ccccc1)c1nc(CNC(C)C)no1. The number of rotatable bonds is 7. The average Bonchev–Trinajstić information content (AvgIpc) is 2.95. The van der Waals surface area contributed by atoms with E-state index in [1.807, 2.05) is 6.07 Å². The zero-order valence-corrected chi connectivity index (χ0v) is 13.3. The Labute approximate surface area is 127 Å². The number of hydrogen-bond acceptors (Lipinski definition) is 4. The minimum atomic E-state index is 0.163. The monoisotopic (exact) mass is 287 g/mol. The zero-order valence-electron chi connectivity index (χ0n) is 13.3. The summed E-state index contributed by atoms with van der Waals surface area (Å²) in [6.07, 6.45) is 1.07. The molecule has 4 heteroatoms. The lowest BCUT2D eigenvalue weighted by Crippen LogP contribution is -2.22. The minimum Gasteiger partial charge on any atom is -0.339 e. The molecule has 0 amide bonds. The maximum absolute atomic E-state index is 5.54. The van der Waals surface area contributed by atoms with Crippen LogP contribution in [-0.4, -0.2) is 16.2 Å². The van der Waals surface area contributed by atoms with Gasteiger partial charge in [-0.25, -0.2) is 0 Å². The van der Waals surface area contributed by atoms with Crippen LogP contribution in [0.25, 0.3) is 0 Å². The van der Waals surface area contributed by atoms with Gasteiger partial charge in [0, 0.05) is 6.04 Å². The van der Waals surface area contributed by atoms with Crippen molar-refractivity contribution in [2.75, 3.05) is 0 Å². The van der Waals surface area contributed by atoms with Crippen molar-refractivity contribution in [2.45, 2.75) is 52.6 Å². The van der Waals surface area contributed by atoms with Crippen molar-refractivity contribution in [3.8, 4) is 0 Å². The molecule has 0 radical (unpaired) electrons. The van der Waals surface area contributed by atoms with Crippen LogP contribution in [0.4, 0.5) is 0 Å². The molecule has 0 saturated carbocycles.